The zero-order valence-electron chi connectivity index (χ0n) is 17.1. The van der Waals surface area contributed by atoms with E-state index in [0.717, 1.165) is 47.7 Å². The van der Waals surface area contributed by atoms with Crippen LogP contribution in [-0.2, 0) is 16.1 Å². The zero-order valence-corrected chi connectivity index (χ0v) is 17.1. The molecule has 1 atom stereocenters. The summed E-state index contributed by atoms with van der Waals surface area (Å²) in [5.74, 6) is 0.343. The fourth-order valence-electron chi connectivity index (χ4n) is 3.43. The Hall–Kier alpha value is -3.11. The Bertz CT molecular complexity index is 949. The highest BCUT2D eigenvalue weighted by molar-refractivity contribution is 6.01. The summed E-state index contributed by atoms with van der Waals surface area (Å²) in [4.78, 5) is 12.4. The van der Waals surface area contributed by atoms with Gasteiger partial charge in [-0.3, -0.25) is 9.48 Å². The number of nitrogens with zero attached hydrogens (tertiary/aromatic N) is 3. The van der Waals surface area contributed by atoms with Gasteiger partial charge in [0.25, 0.3) is 5.91 Å². The van der Waals surface area contributed by atoms with E-state index in [0.29, 0.717) is 13.1 Å². The second kappa shape index (κ2) is 9.39. The van der Waals surface area contributed by atoms with E-state index < -0.39 is 0 Å². The summed E-state index contributed by atoms with van der Waals surface area (Å²) in [5.41, 5.74) is 3.74. The molecular weight excluding hydrogens is 368 g/mol. The van der Waals surface area contributed by atoms with E-state index in [-0.39, 0.29) is 17.6 Å². The van der Waals surface area contributed by atoms with Gasteiger partial charge < -0.3 is 14.8 Å². The number of rotatable bonds is 7. The Morgan fingerprint density at radius 2 is 2.28 bits per heavy atom. The Kier molecular flexibility index (Phi) is 6.68. The molecule has 1 aliphatic rings. The van der Waals surface area contributed by atoms with Crippen LogP contribution >= 0.6 is 0 Å². The Morgan fingerprint density at radius 1 is 1.45 bits per heavy atom. The molecule has 1 N–H and O–H groups in total. The minimum Gasteiger partial charge on any atom is -0.496 e. The van der Waals surface area contributed by atoms with Crippen molar-refractivity contribution in [2.75, 3.05) is 20.3 Å². The molecule has 7 heteroatoms. The first-order chi connectivity index (χ1) is 14.0. The number of amides is 1. The number of hydrogen-bond donors (Lipinski definition) is 1. The third-order valence-corrected chi connectivity index (χ3v) is 4.92. The molecule has 3 rings (SSSR count). The summed E-state index contributed by atoms with van der Waals surface area (Å²) in [6.45, 7) is 5.64. The molecule has 1 unspecified atom stereocenters. The van der Waals surface area contributed by atoms with E-state index in [2.05, 4.69) is 10.4 Å². The molecule has 2 aromatic rings. The number of benzene rings is 1. The summed E-state index contributed by atoms with van der Waals surface area (Å²) in [6.07, 6.45) is 3.56. The van der Waals surface area contributed by atoms with Crippen LogP contribution in [0.15, 0.2) is 29.8 Å². The van der Waals surface area contributed by atoms with Crippen molar-refractivity contribution in [3.63, 3.8) is 0 Å². The van der Waals surface area contributed by atoms with E-state index in [9.17, 15) is 10.1 Å². The van der Waals surface area contributed by atoms with Gasteiger partial charge >= 0.3 is 0 Å². The lowest BCUT2D eigenvalue weighted by Crippen LogP contribution is -2.32. The maximum absolute atomic E-state index is 12.4. The van der Waals surface area contributed by atoms with Crippen molar-refractivity contribution < 1.29 is 14.3 Å². The summed E-state index contributed by atoms with van der Waals surface area (Å²) >= 11 is 0. The maximum Gasteiger partial charge on any atom is 0.262 e. The molecule has 2 heterocycles. The van der Waals surface area contributed by atoms with Gasteiger partial charge in [0.15, 0.2) is 0 Å². The summed E-state index contributed by atoms with van der Waals surface area (Å²) in [6, 6.07) is 9.60. The predicted octanol–water partition coefficient (Wildman–Crippen LogP) is 2.76. The SMILES string of the molecule is COc1ccc(/C=C(\C#N)C(=O)NCC2CCCO2)cc1Cn1nc(C)cc1C. The van der Waals surface area contributed by atoms with E-state index >= 15 is 0 Å². The highest BCUT2D eigenvalue weighted by Gasteiger charge is 2.18. The molecule has 1 amide bonds. The summed E-state index contributed by atoms with van der Waals surface area (Å²) < 4.78 is 12.9. The molecule has 7 nitrogen and oxygen atoms in total. The fraction of sp³-hybridized carbons (Fsp3) is 0.409. The lowest BCUT2D eigenvalue weighted by molar-refractivity contribution is -0.117. The molecule has 152 valence electrons. The molecule has 1 aromatic carbocycles. The molecule has 1 fully saturated rings. The van der Waals surface area contributed by atoms with Crippen molar-refractivity contribution in [2.24, 2.45) is 0 Å². The molecule has 0 spiro atoms. The van der Waals surface area contributed by atoms with Crippen LogP contribution in [-0.4, -0.2) is 42.1 Å². The van der Waals surface area contributed by atoms with Crippen LogP contribution < -0.4 is 10.1 Å². The minimum atomic E-state index is -0.390. The number of hydrogen-bond acceptors (Lipinski definition) is 5. The molecule has 0 saturated carbocycles. The molecule has 1 aliphatic heterocycles. The summed E-state index contributed by atoms with van der Waals surface area (Å²) in [7, 11) is 1.62. The van der Waals surface area contributed by atoms with Gasteiger partial charge in [-0.15, -0.1) is 0 Å². The van der Waals surface area contributed by atoms with Gasteiger partial charge in [-0.2, -0.15) is 10.4 Å². The average Bonchev–Trinajstić information content (AvgIpc) is 3.34. The molecule has 0 aliphatic carbocycles. The van der Waals surface area contributed by atoms with E-state index in [4.69, 9.17) is 9.47 Å². The van der Waals surface area contributed by atoms with Crippen LogP contribution in [0, 0.1) is 25.2 Å². The first kappa shape index (κ1) is 20.6. The van der Waals surface area contributed by atoms with E-state index in [1.54, 1.807) is 13.2 Å². The normalized spacial score (nSPS) is 16.5. The summed E-state index contributed by atoms with van der Waals surface area (Å²) in [5, 5.41) is 16.7. The van der Waals surface area contributed by atoms with Crippen LogP contribution in [0.1, 0.15) is 35.4 Å². The van der Waals surface area contributed by atoms with Crippen molar-refractivity contribution in [1.82, 2.24) is 15.1 Å². The van der Waals surface area contributed by atoms with Crippen LogP contribution in [0.5, 0.6) is 5.75 Å². The lowest BCUT2D eigenvalue weighted by Gasteiger charge is -2.12. The average molecular weight is 394 g/mol. The standard InChI is InChI=1S/C22H26N4O3/c1-15-9-16(2)26(25-15)14-19-11-17(6-7-21(19)28-3)10-18(12-23)22(27)24-13-20-5-4-8-29-20/h6-7,9-11,20H,4-5,8,13-14H2,1-3H3,(H,24,27)/b18-10+. The Labute approximate surface area is 170 Å². The second-order valence-corrected chi connectivity index (χ2v) is 7.17. The van der Waals surface area contributed by atoms with Crippen molar-refractivity contribution in [3.05, 3.63) is 52.4 Å². The topological polar surface area (TPSA) is 89.2 Å². The largest absolute Gasteiger partial charge is 0.496 e. The minimum absolute atomic E-state index is 0.0345. The lowest BCUT2D eigenvalue weighted by atomic mass is 10.1. The van der Waals surface area contributed by atoms with Crippen molar-refractivity contribution >= 4 is 12.0 Å². The first-order valence-electron chi connectivity index (χ1n) is 9.69. The van der Waals surface area contributed by atoms with Gasteiger partial charge in [0.1, 0.15) is 17.4 Å². The number of nitrogens with one attached hydrogen (secondary N) is 1. The van der Waals surface area contributed by atoms with Gasteiger partial charge in [0, 0.05) is 24.4 Å². The molecule has 0 radical (unpaired) electrons. The van der Waals surface area contributed by atoms with Crippen molar-refractivity contribution in [1.29, 1.82) is 5.26 Å². The third kappa shape index (κ3) is 5.24. The second-order valence-electron chi connectivity index (χ2n) is 7.17. The van der Waals surface area contributed by atoms with Crippen LogP contribution in [0.3, 0.4) is 0 Å². The van der Waals surface area contributed by atoms with Gasteiger partial charge in [-0.05, 0) is 56.5 Å². The van der Waals surface area contributed by atoms with E-state index in [1.165, 1.54) is 0 Å². The zero-order chi connectivity index (χ0) is 20.8. The predicted molar refractivity (Wildman–Crippen MR) is 109 cm³/mol. The maximum atomic E-state index is 12.4. The monoisotopic (exact) mass is 394 g/mol. The number of aryl methyl sites for hydroxylation is 2. The van der Waals surface area contributed by atoms with Crippen LogP contribution in [0.25, 0.3) is 6.08 Å². The number of aromatic nitrogens is 2. The smallest absolute Gasteiger partial charge is 0.262 e. The highest BCUT2D eigenvalue weighted by Crippen LogP contribution is 2.23. The highest BCUT2D eigenvalue weighted by atomic mass is 16.5. The van der Waals surface area contributed by atoms with Gasteiger partial charge in [0.05, 0.1) is 25.5 Å². The number of methoxy groups -OCH3 is 1. The molecule has 29 heavy (non-hydrogen) atoms. The molecule has 1 saturated heterocycles. The van der Waals surface area contributed by atoms with Gasteiger partial charge in [-0.25, -0.2) is 0 Å². The first-order valence-corrected chi connectivity index (χ1v) is 9.69. The van der Waals surface area contributed by atoms with Crippen molar-refractivity contribution in [2.45, 2.75) is 39.3 Å². The fourth-order valence-corrected chi connectivity index (χ4v) is 3.43. The van der Waals surface area contributed by atoms with Crippen LogP contribution in [0.2, 0.25) is 0 Å². The van der Waals surface area contributed by atoms with E-state index in [1.807, 2.05) is 48.9 Å². The molecular formula is C22H26N4O3. The quantitative estimate of drug-likeness (QED) is 0.576. The number of carbonyl (C=O) groups is 1. The number of ether oxygens (including phenoxy) is 2. The van der Waals surface area contributed by atoms with Crippen molar-refractivity contribution in [3.8, 4) is 11.8 Å². The third-order valence-electron chi connectivity index (χ3n) is 4.92. The van der Waals surface area contributed by atoms with Gasteiger partial charge in [0.2, 0.25) is 0 Å². The van der Waals surface area contributed by atoms with Crippen LogP contribution in [0.4, 0.5) is 0 Å². The Morgan fingerprint density at radius 3 is 2.90 bits per heavy atom. The van der Waals surface area contributed by atoms with Gasteiger partial charge in [-0.1, -0.05) is 6.07 Å². The molecule has 0 bridgehead atoms. The number of nitriles is 1. The molecule has 1 aromatic heterocycles. The number of carbonyl (C=O) groups excluding carboxylic acids is 1. The Balaban J connectivity index is 1.78.